The molecule has 1 N–H and O–H groups in total. The monoisotopic (exact) mass is 184 g/mol. The SMILES string of the molecule is O=C1Cc2c(ncc3ccccc23)N1. The van der Waals surface area contributed by atoms with Crippen LogP contribution >= 0.6 is 0 Å². The van der Waals surface area contributed by atoms with Gasteiger partial charge in [-0.1, -0.05) is 24.3 Å². The maximum atomic E-state index is 11.2. The zero-order chi connectivity index (χ0) is 9.54. The summed E-state index contributed by atoms with van der Waals surface area (Å²) in [5.41, 5.74) is 1.02. The number of hydrogen-bond donors (Lipinski definition) is 1. The van der Waals surface area contributed by atoms with Gasteiger partial charge in [0.2, 0.25) is 5.91 Å². The zero-order valence-electron chi connectivity index (χ0n) is 7.45. The molecule has 0 fully saturated rings. The molecule has 1 aromatic carbocycles. The van der Waals surface area contributed by atoms with Crippen molar-refractivity contribution in [1.82, 2.24) is 4.98 Å². The van der Waals surface area contributed by atoms with Crippen LogP contribution in [0.2, 0.25) is 0 Å². The van der Waals surface area contributed by atoms with E-state index in [1.807, 2.05) is 24.3 Å². The van der Waals surface area contributed by atoms with Crippen molar-refractivity contribution in [2.24, 2.45) is 0 Å². The number of fused-ring (bicyclic) bond motifs is 3. The van der Waals surface area contributed by atoms with E-state index in [0.29, 0.717) is 12.2 Å². The summed E-state index contributed by atoms with van der Waals surface area (Å²) in [6, 6.07) is 7.98. The second-order valence-electron chi connectivity index (χ2n) is 3.40. The molecule has 1 aromatic heterocycles. The molecule has 0 aliphatic carbocycles. The molecule has 0 saturated carbocycles. The average molecular weight is 184 g/mol. The average Bonchev–Trinajstić information content (AvgIpc) is 2.59. The van der Waals surface area contributed by atoms with Gasteiger partial charge in [0.25, 0.3) is 0 Å². The van der Waals surface area contributed by atoms with Gasteiger partial charge in [-0.05, 0) is 5.39 Å². The molecule has 3 heteroatoms. The number of anilines is 1. The maximum absolute atomic E-state index is 11.2. The molecular weight excluding hydrogens is 176 g/mol. The number of pyridine rings is 1. The first-order valence-electron chi connectivity index (χ1n) is 4.51. The van der Waals surface area contributed by atoms with Gasteiger partial charge in [-0.2, -0.15) is 0 Å². The van der Waals surface area contributed by atoms with Gasteiger partial charge in [-0.25, -0.2) is 4.98 Å². The Bertz CT molecular complexity index is 534. The largest absolute Gasteiger partial charge is 0.310 e. The standard InChI is InChI=1S/C11H8N2O/c14-10-5-9-8-4-2-1-3-7(8)6-12-11(9)13-10/h1-4,6H,5H2,(H,12,13,14). The van der Waals surface area contributed by atoms with Gasteiger partial charge in [0.05, 0.1) is 6.42 Å². The third kappa shape index (κ3) is 0.923. The molecule has 2 heterocycles. The number of carbonyl (C=O) groups excluding carboxylic acids is 1. The Kier molecular flexibility index (Phi) is 1.36. The van der Waals surface area contributed by atoms with Crippen molar-refractivity contribution in [2.75, 3.05) is 5.32 Å². The van der Waals surface area contributed by atoms with E-state index in [9.17, 15) is 4.79 Å². The van der Waals surface area contributed by atoms with E-state index in [0.717, 1.165) is 16.3 Å². The van der Waals surface area contributed by atoms with Crippen LogP contribution in [0.15, 0.2) is 30.5 Å². The molecule has 3 nitrogen and oxygen atoms in total. The Morgan fingerprint density at radius 2 is 2.14 bits per heavy atom. The molecule has 0 atom stereocenters. The lowest BCUT2D eigenvalue weighted by atomic mass is 10.1. The maximum Gasteiger partial charge on any atom is 0.230 e. The van der Waals surface area contributed by atoms with Crippen molar-refractivity contribution in [3.63, 3.8) is 0 Å². The smallest absolute Gasteiger partial charge is 0.230 e. The van der Waals surface area contributed by atoms with Crippen LogP contribution in [0, 0.1) is 0 Å². The number of amides is 1. The van der Waals surface area contributed by atoms with Gasteiger partial charge in [0.15, 0.2) is 0 Å². The van der Waals surface area contributed by atoms with E-state index >= 15 is 0 Å². The van der Waals surface area contributed by atoms with Crippen molar-refractivity contribution in [2.45, 2.75) is 6.42 Å². The fraction of sp³-hybridized carbons (Fsp3) is 0.0909. The van der Waals surface area contributed by atoms with Crippen LogP contribution in [0.25, 0.3) is 10.8 Å². The first-order valence-corrected chi connectivity index (χ1v) is 4.51. The van der Waals surface area contributed by atoms with Gasteiger partial charge in [0.1, 0.15) is 5.82 Å². The lowest BCUT2D eigenvalue weighted by Gasteiger charge is -2.01. The molecule has 0 radical (unpaired) electrons. The number of carbonyl (C=O) groups is 1. The van der Waals surface area contributed by atoms with Crippen molar-refractivity contribution in [3.8, 4) is 0 Å². The van der Waals surface area contributed by atoms with Gasteiger partial charge in [-0.3, -0.25) is 4.79 Å². The zero-order valence-corrected chi connectivity index (χ0v) is 7.45. The highest BCUT2D eigenvalue weighted by Crippen LogP contribution is 2.28. The Labute approximate surface area is 80.8 Å². The normalized spacial score (nSPS) is 14.1. The summed E-state index contributed by atoms with van der Waals surface area (Å²) in [5, 5.41) is 4.95. The first-order chi connectivity index (χ1) is 6.84. The summed E-state index contributed by atoms with van der Waals surface area (Å²) in [6.45, 7) is 0. The van der Waals surface area contributed by atoms with E-state index in [2.05, 4.69) is 10.3 Å². The molecule has 2 aromatic rings. The predicted octanol–water partition coefficient (Wildman–Crippen LogP) is 1.73. The van der Waals surface area contributed by atoms with E-state index in [1.54, 1.807) is 6.20 Å². The quantitative estimate of drug-likeness (QED) is 0.677. The van der Waals surface area contributed by atoms with Crippen LogP contribution in [0.3, 0.4) is 0 Å². The third-order valence-corrected chi connectivity index (χ3v) is 2.50. The van der Waals surface area contributed by atoms with E-state index in [1.165, 1.54) is 0 Å². The molecule has 0 bridgehead atoms. The molecule has 3 rings (SSSR count). The van der Waals surface area contributed by atoms with Gasteiger partial charge in [-0.15, -0.1) is 0 Å². The van der Waals surface area contributed by atoms with Gasteiger partial charge in [0, 0.05) is 17.1 Å². The summed E-state index contributed by atoms with van der Waals surface area (Å²) in [5.74, 6) is 0.748. The molecule has 1 aliphatic rings. The summed E-state index contributed by atoms with van der Waals surface area (Å²) >= 11 is 0. The number of benzene rings is 1. The molecule has 0 unspecified atom stereocenters. The minimum absolute atomic E-state index is 0.0313. The molecule has 1 amide bonds. The molecular formula is C11H8N2O. The number of nitrogens with one attached hydrogen (secondary N) is 1. The predicted molar refractivity (Wildman–Crippen MR) is 54.1 cm³/mol. The minimum Gasteiger partial charge on any atom is -0.310 e. The molecule has 0 spiro atoms. The lowest BCUT2D eigenvalue weighted by molar-refractivity contribution is -0.115. The van der Waals surface area contributed by atoms with Crippen LogP contribution in [-0.2, 0) is 11.2 Å². The number of aromatic nitrogens is 1. The van der Waals surface area contributed by atoms with Gasteiger partial charge >= 0.3 is 0 Å². The van der Waals surface area contributed by atoms with E-state index in [4.69, 9.17) is 0 Å². The van der Waals surface area contributed by atoms with Crippen LogP contribution in [0.4, 0.5) is 5.82 Å². The Hall–Kier alpha value is -1.90. The topological polar surface area (TPSA) is 42.0 Å². The summed E-state index contributed by atoms with van der Waals surface area (Å²) < 4.78 is 0. The highest BCUT2D eigenvalue weighted by Gasteiger charge is 2.20. The lowest BCUT2D eigenvalue weighted by Crippen LogP contribution is -2.04. The fourth-order valence-electron chi connectivity index (χ4n) is 1.85. The summed E-state index contributed by atoms with van der Waals surface area (Å²) in [7, 11) is 0. The second kappa shape index (κ2) is 2.54. The second-order valence-corrected chi connectivity index (χ2v) is 3.40. The Balaban J connectivity index is 2.39. The van der Waals surface area contributed by atoms with Gasteiger partial charge < -0.3 is 5.32 Å². The van der Waals surface area contributed by atoms with Crippen LogP contribution in [-0.4, -0.2) is 10.9 Å². The van der Waals surface area contributed by atoms with Crippen molar-refractivity contribution in [3.05, 3.63) is 36.0 Å². The summed E-state index contributed by atoms with van der Waals surface area (Å²) in [6.07, 6.45) is 2.24. The van der Waals surface area contributed by atoms with Crippen LogP contribution in [0.5, 0.6) is 0 Å². The van der Waals surface area contributed by atoms with Crippen molar-refractivity contribution >= 4 is 22.5 Å². The minimum atomic E-state index is 0.0313. The third-order valence-electron chi connectivity index (χ3n) is 2.50. The Morgan fingerprint density at radius 1 is 1.29 bits per heavy atom. The van der Waals surface area contributed by atoms with Crippen LogP contribution in [0.1, 0.15) is 5.56 Å². The number of hydrogen-bond acceptors (Lipinski definition) is 2. The summed E-state index contributed by atoms with van der Waals surface area (Å²) in [4.78, 5) is 15.4. The highest BCUT2D eigenvalue weighted by molar-refractivity contribution is 6.04. The van der Waals surface area contributed by atoms with E-state index in [-0.39, 0.29) is 5.91 Å². The number of nitrogens with zero attached hydrogens (tertiary/aromatic N) is 1. The molecule has 0 saturated heterocycles. The van der Waals surface area contributed by atoms with Crippen molar-refractivity contribution < 1.29 is 4.79 Å². The molecule has 14 heavy (non-hydrogen) atoms. The van der Waals surface area contributed by atoms with E-state index < -0.39 is 0 Å². The van der Waals surface area contributed by atoms with Crippen LogP contribution < -0.4 is 5.32 Å². The van der Waals surface area contributed by atoms with Crippen molar-refractivity contribution in [1.29, 1.82) is 0 Å². The Morgan fingerprint density at radius 3 is 3.07 bits per heavy atom. The molecule has 1 aliphatic heterocycles. The first kappa shape index (κ1) is 7.50. The number of rotatable bonds is 0. The fourth-order valence-corrected chi connectivity index (χ4v) is 1.85. The highest BCUT2D eigenvalue weighted by atomic mass is 16.1. The molecule has 68 valence electrons.